The van der Waals surface area contributed by atoms with Gasteiger partial charge in [0.05, 0.1) is 5.60 Å². The lowest BCUT2D eigenvalue weighted by molar-refractivity contribution is -0.0242. The molecule has 2 heterocycles. The molecule has 0 aromatic carbocycles. The van der Waals surface area contributed by atoms with E-state index >= 15 is 0 Å². The molecule has 0 aromatic heterocycles. The maximum Gasteiger partial charge on any atom is 0.0769 e. The molecule has 0 aromatic rings. The molecule has 0 spiro atoms. The highest BCUT2D eigenvalue weighted by Gasteiger charge is 2.50. The Morgan fingerprint density at radius 1 is 1.29 bits per heavy atom. The number of β-amino-alcohol motifs (C(OH)–C–C–N with tert-alkyl or cyclic N) is 1. The summed E-state index contributed by atoms with van der Waals surface area (Å²) in [5.41, 5.74) is -0.268. The van der Waals surface area contributed by atoms with Gasteiger partial charge in [-0.05, 0) is 45.1 Å². The highest BCUT2D eigenvalue weighted by Crippen LogP contribution is 2.41. The number of rotatable bonds is 4. The van der Waals surface area contributed by atoms with Crippen LogP contribution in [0.1, 0.15) is 40.5 Å². The summed E-state index contributed by atoms with van der Waals surface area (Å²) < 4.78 is 0. The molecule has 17 heavy (non-hydrogen) atoms. The first kappa shape index (κ1) is 13.3. The highest BCUT2D eigenvalue weighted by atomic mass is 16.3. The van der Waals surface area contributed by atoms with E-state index in [0.717, 1.165) is 50.9 Å². The first-order valence-corrected chi connectivity index (χ1v) is 7.11. The lowest BCUT2D eigenvalue weighted by Crippen LogP contribution is -2.51. The Kier molecular flexibility index (Phi) is 3.54. The molecule has 2 saturated heterocycles. The maximum atomic E-state index is 10.5. The van der Waals surface area contributed by atoms with Crippen molar-refractivity contribution in [2.45, 2.75) is 51.7 Å². The molecule has 100 valence electrons. The van der Waals surface area contributed by atoms with Crippen LogP contribution in [0.15, 0.2) is 0 Å². The van der Waals surface area contributed by atoms with E-state index in [1.54, 1.807) is 0 Å². The molecule has 2 unspecified atom stereocenters. The fraction of sp³-hybridized carbons (Fsp3) is 1.00. The summed E-state index contributed by atoms with van der Waals surface area (Å²) in [5.74, 6) is 1.53. The third-order valence-electron chi connectivity index (χ3n) is 5.32. The summed E-state index contributed by atoms with van der Waals surface area (Å²) in [6.45, 7) is 13.1. The van der Waals surface area contributed by atoms with Crippen LogP contribution in [0.5, 0.6) is 0 Å². The molecule has 2 atom stereocenters. The van der Waals surface area contributed by atoms with E-state index in [1.165, 1.54) is 0 Å². The van der Waals surface area contributed by atoms with Gasteiger partial charge in [0.2, 0.25) is 0 Å². The van der Waals surface area contributed by atoms with Crippen LogP contribution < -0.4 is 5.32 Å². The Hall–Kier alpha value is -0.120. The van der Waals surface area contributed by atoms with Crippen LogP contribution in [0.4, 0.5) is 0 Å². The van der Waals surface area contributed by atoms with Gasteiger partial charge in [-0.15, -0.1) is 0 Å². The maximum absolute atomic E-state index is 10.5. The van der Waals surface area contributed by atoms with Crippen molar-refractivity contribution in [3.63, 3.8) is 0 Å². The second-order valence-electron chi connectivity index (χ2n) is 6.49. The average molecular weight is 240 g/mol. The molecule has 0 radical (unpaired) electrons. The van der Waals surface area contributed by atoms with Crippen molar-refractivity contribution >= 4 is 0 Å². The van der Waals surface area contributed by atoms with Crippen molar-refractivity contribution in [3.8, 4) is 0 Å². The van der Waals surface area contributed by atoms with Crippen molar-refractivity contribution in [2.75, 3.05) is 26.2 Å². The minimum atomic E-state index is -0.497. The zero-order valence-electron chi connectivity index (χ0n) is 11.8. The number of likely N-dealkylation sites (tertiary alicyclic amines) is 1. The molecule has 2 aliphatic heterocycles. The molecular weight excluding hydrogens is 212 g/mol. The summed E-state index contributed by atoms with van der Waals surface area (Å²) in [7, 11) is 0. The number of nitrogens with one attached hydrogen (secondary N) is 1. The molecule has 0 saturated carbocycles. The first-order valence-electron chi connectivity index (χ1n) is 7.11. The van der Waals surface area contributed by atoms with Gasteiger partial charge in [0, 0.05) is 25.2 Å². The van der Waals surface area contributed by atoms with Crippen molar-refractivity contribution in [1.29, 1.82) is 0 Å². The third-order valence-corrected chi connectivity index (χ3v) is 5.32. The standard InChI is InChI=1S/C14H28N2O/c1-5-14(17,6-2)10-16-9-11-7-15-8-12(11)13(16,3)4/h11-12,15,17H,5-10H2,1-4H3. The zero-order chi connectivity index (χ0) is 12.7. The Bertz CT molecular complexity index is 273. The molecule has 2 aliphatic rings. The fourth-order valence-electron chi connectivity index (χ4n) is 3.60. The molecule has 2 rings (SSSR count). The second-order valence-corrected chi connectivity index (χ2v) is 6.49. The molecule has 2 N–H and O–H groups in total. The Balaban J connectivity index is 2.08. The van der Waals surface area contributed by atoms with Crippen molar-refractivity contribution in [3.05, 3.63) is 0 Å². The predicted octanol–water partition coefficient (Wildman–Crippen LogP) is 1.47. The van der Waals surface area contributed by atoms with Gasteiger partial charge in [0.1, 0.15) is 0 Å². The molecule has 0 bridgehead atoms. The van der Waals surface area contributed by atoms with Crippen LogP contribution >= 0.6 is 0 Å². The van der Waals surface area contributed by atoms with Gasteiger partial charge in [0.15, 0.2) is 0 Å². The van der Waals surface area contributed by atoms with E-state index in [0.29, 0.717) is 0 Å². The largest absolute Gasteiger partial charge is 0.389 e. The molecule has 3 heteroatoms. The van der Waals surface area contributed by atoms with E-state index in [4.69, 9.17) is 0 Å². The average Bonchev–Trinajstić information content (AvgIpc) is 2.83. The number of fused-ring (bicyclic) bond motifs is 1. The van der Waals surface area contributed by atoms with Crippen molar-refractivity contribution in [2.24, 2.45) is 11.8 Å². The number of hydrogen-bond donors (Lipinski definition) is 2. The van der Waals surface area contributed by atoms with Gasteiger partial charge in [-0.2, -0.15) is 0 Å². The van der Waals surface area contributed by atoms with Crippen LogP contribution in [-0.2, 0) is 0 Å². The number of nitrogens with zero attached hydrogens (tertiary/aromatic N) is 1. The van der Waals surface area contributed by atoms with Crippen LogP contribution in [0, 0.1) is 11.8 Å². The van der Waals surface area contributed by atoms with E-state index in [9.17, 15) is 5.11 Å². The molecular formula is C14H28N2O. The topological polar surface area (TPSA) is 35.5 Å². The lowest BCUT2D eigenvalue weighted by atomic mass is 9.84. The summed E-state index contributed by atoms with van der Waals surface area (Å²) >= 11 is 0. The number of aliphatic hydroxyl groups is 1. The Morgan fingerprint density at radius 3 is 2.47 bits per heavy atom. The second kappa shape index (κ2) is 4.52. The SMILES string of the molecule is CCC(O)(CC)CN1CC2CNCC2C1(C)C. The van der Waals surface area contributed by atoms with Crippen molar-refractivity contribution < 1.29 is 5.11 Å². The summed E-state index contributed by atoms with van der Waals surface area (Å²) in [6, 6.07) is 0. The van der Waals surface area contributed by atoms with E-state index in [2.05, 4.69) is 37.9 Å². The Morgan fingerprint density at radius 2 is 1.94 bits per heavy atom. The highest BCUT2D eigenvalue weighted by molar-refractivity contribution is 5.05. The van der Waals surface area contributed by atoms with Gasteiger partial charge in [0.25, 0.3) is 0 Å². The minimum Gasteiger partial charge on any atom is -0.389 e. The van der Waals surface area contributed by atoms with Crippen LogP contribution in [0.2, 0.25) is 0 Å². The van der Waals surface area contributed by atoms with Gasteiger partial charge < -0.3 is 10.4 Å². The van der Waals surface area contributed by atoms with E-state index in [-0.39, 0.29) is 5.54 Å². The summed E-state index contributed by atoms with van der Waals surface area (Å²) in [5, 5.41) is 14.0. The smallest absolute Gasteiger partial charge is 0.0769 e. The summed E-state index contributed by atoms with van der Waals surface area (Å²) in [4.78, 5) is 2.52. The third kappa shape index (κ3) is 2.25. The van der Waals surface area contributed by atoms with Gasteiger partial charge in [-0.1, -0.05) is 13.8 Å². The zero-order valence-corrected chi connectivity index (χ0v) is 11.8. The monoisotopic (exact) mass is 240 g/mol. The quantitative estimate of drug-likeness (QED) is 0.781. The van der Waals surface area contributed by atoms with Crippen LogP contribution in [0.25, 0.3) is 0 Å². The Labute approximate surface area is 106 Å². The van der Waals surface area contributed by atoms with Gasteiger partial charge in [-0.25, -0.2) is 0 Å². The van der Waals surface area contributed by atoms with Gasteiger partial charge in [-0.3, -0.25) is 4.90 Å². The molecule has 0 amide bonds. The normalized spacial score (nSPS) is 33.0. The lowest BCUT2D eigenvalue weighted by Gasteiger charge is -2.40. The van der Waals surface area contributed by atoms with Crippen LogP contribution in [0.3, 0.4) is 0 Å². The van der Waals surface area contributed by atoms with Crippen molar-refractivity contribution in [1.82, 2.24) is 10.2 Å². The first-order chi connectivity index (χ1) is 7.93. The van der Waals surface area contributed by atoms with E-state index in [1.807, 2.05) is 0 Å². The van der Waals surface area contributed by atoms with Crippen LogP contribution in [-0.4, -0.2) is 47.3 Å². The fourth-order valence-corrected chi connectivity index (χ4v) is 3.60. The van der Waals surface area contributed by atoms with Gasteiger partial charge >= 0.3 is 0 Å². The molecule has 3 nitrogen and oxygen atoms in total. The number of hydrogen-bond acceptors (Lipinski definition) is 3. The molecule has 0 aliphatic carbocycles. The van der Waals surface area contributed by atoms with E-state index < -0.39 is 5.60 Å². The summed E-state index contributed by atoms with van der Waals surface area (Å²) in [6.07, 6.45) is 1.70. The predicted molar refractivity (Wildman–Crippen MR) is 71.0 cm³/mol. The molecule has 2 fully saturated rings. The minimum absolute atomic E-state index is 0.229.